The van der Waals surface area contributed by atoms with Gasteiger partial charge in [0.2, 0.25) is 5.91 Å². The van der Waals surface area contributed by atoms with Crippen LogP contribution in [-0.2, 0) is 45.3 Å². The van der Waals surface area contributed by atoms with Gasteiger partial charge in [-0.05, 0) is 47.9 Å². The number of rotatable bonds is 6. The van der Waals surface area contributed by atoms with Gasteiger partial charge in [-0.3, -0.25) is 9.59 Å². The summed E-state index contributed by atoms with van der Waals surface area (Å²) in [7, 11) is 2.27. The van der Waals surface area contributed by atoms with Gasteiger partial charge in [0.1, 0.15) is 22.8 Å². The summed E-state index contributed by atoms with van der Waals surface area (Å²) >= 11 is 0. The molecule has 44 heavy (non-hydrogen) atoms. The third kappa shape index (κ3) is 4.12. The molecule has 0 fully saturated rings. The maximum atomic E-state index is 15.2. The molecule has 1 unspecified atom stereocenters. The molecule has 0 N–H and O–H groups in total. The lowest BCUT2D eigenvalue weighted by Crippen LogP contribution is -2.66. The fraction of sp³-hybridized carbons (Fsp3) is 0.235. The molecule has 3 aromatic carbocycles. The lowest BCUT2D eigenvalue weighted by Gasteiger charge is -2.51. The van der Waals surface area contributed by atoms with Gasteiger partial charge in [-0.15, -0.1) is 0 Å². The van der Waals surface area contributed by atoms with Crippen molar-refractivity contribution in [2.24, 2.45) is 5.92 Å². The molecule has 9 nitrogen and oxygen atoms in total. The Morgan fingerprint density at radius 2 is 1.61 bits per heavy atom. The summed E-state index contributed by atoms with van der Waals surface area (Å²) < 4.78 is 31.1. The number of carbonyl (C=O) groups excluding carboxylic acids is 4. The summed E-state index contributed by atoms with van der Waals surface area (Å²) in [6.45, 7) is 1.60. The molecular weight excluding hydrogens is 567 g/mol. The lowest BCUT2D eigenvalue weighted by molar-refractivity contribution is -0.155. The largest absolute Gasteiger partial charge is 0.466 e. The Hall–Kier alpha value is -5.25. The molecule has 0 radical (unpaired) electrons. The summed E-state index contributed by atoms with van der Waals surface area (Å²) in [6, 6.07) is 19.2. The van der Waals surface area contributed by atoms with Crippen LogP contribution in [0.4, 0.5) is 15.8 Å². The van der Waals surface area contributed by atoms with Crippen LogP contribution in [0.25, 0.3) is 6.08 Å². The average molecular weight is 597 g/mol. The fourth-order valence-corrected chi connectivity index (χ4v) is 6.73. The van der Waals surface area contributed by atoms with Crippen LogP contribution in [0.1, 0.15) is 23.6 Å². The van der Waals surface area contributed by atoms with Crippen molar-refractivity contribution >= 4 is 41.3 Å². The summed E-state index contributed by atoms with van der Waals surface area (Å²) in [5.74, 6) is -5.80. The van der Waals surface area contributed by atoms with Crippen LogP contribution in [0.15, 0.2) is 90.1 Å². The first kappa shape index (κ1) is 28.9. The Balaban J connectivity index is 1.74. The van der Waals surface area contributed by atoms with Crippen LogP contribution in [0, 0.1) is 11.7 Å². The molecule has 6 rings (SSSR count). The molecule has 3 atom stereocenters. The van der Waals surface area contributed by atoms with Gasteiger partial charge in [0.05, 0.1) is 39.0 Å². The lowest BCUT2D eigenvalue weighted by atomic mass is 9.59. The van der Waals surface area contributed by atoms with E-state index in [-0.39, 0.29) is 24.4 Å². The quantitative estimate of drug-likeness (QED) is 0.307. The van der Waals surface area contributed by atoms with E-state index in [0.29, 0.717) is 16.9 Å². The Morgan fingerprint density at radius 1 is 0.909 bits per heavy atom. The zero-order valence-electron chi connectivity index (χ0n) is 24.3. The second-order valence-corrected chi connectivity index (χ2v) is 10.6. The minimum absolute atomic E-state index is 0.0849. The number of amides is 1. The van der Waals surface area contributed by atoms with Crippen molar-refractivity contribution in [2.75, 3.05) is 30.6 Å². The van der Waals surface area contributed by atoms with E-state index in [2.05, 4.69) is 0 Å². The third-order valence-corrected chi connectivity index (χ3v) is 8.42. The first-order chi connectivity index (χ1) is 21.3. The van der Waals surface area contributed by atoms with E-state index in [0.717, 1.165) is 19.8 Å². The molecule has 10 heteroatoms. The van der Waals surface area contributed by atoms with Gasteiger partial charge in [0.25, 0.3) is 0 Å². The van der Waals surface area contributed by atoms with Crippen LogP contribution in [0.5, 0.6) is 0 Å². The highest BCUT2D eigenvalue weighted by atomic mass is 19.1. The highest BCUT2D eigenvalue weighted by Gasteiger charge is 2.69. The van der Waals surface area contributed by atoms with Crippen molar-refractivity contribution in [1.82, 2.24) is 0 Å². The number of halogens is 1. The monoisotopic (exact) mass is 596 g/mol. The number of carbonyl (C=O) groups is 4. The smallest absolute Gasteiger partial charge is 0.355 e. The molecule has 3 aromatic rings. The SMILES string of the molecule is CCOC(=O)[C@H]1C(C(=O)OC)=C(C(=O)OC)N2c3ccccc3C=CC2[C@@]12C(=O)N(Cc1ccccc1)c1ccc(F)cc12. The molecule has 0 bridgehead atoms. The van der Waals surface area contributed by atoms with E-state index in [1.165, 1.54) is 28.0 Å². The number of benzene rings is 3. The number of methoxy groups -OCH3 is 2. The summed E-state index contributed by atoms with van der Waals surface area (Å²) in [5.41, 5.74) is -0.128. The third-order valence-electron chi connectivity index (χ3n) is 8.42. The normalized spacial score (nSPS) is 21.5. The average Bonchev–Trinajstić information content (AvgIpc) is 3.27. The zero-order valence-corrected chi connectivity index (χ0v) is 24.3. The van der Waals surface area contributed by atoms with E-state index in [9.17, 15) is 14.4 Å². The van der Waals surface area contributed by atoms with Crippen molar-refractivity contribution in [3.63, 3.8) is 0 Å². The van der Waals surface area contributed by atoms with Crippen molar-refractivity contribution in [1.29, 1.82) is 0 Å². The Labute approximate surface area is 253 Å². The summed E-state index contributed by atoms with van der Waals surface area (Å²) in [6.07, 6.45) is 3.48. The number of para-hydroxylation sites is 1. The van der Waals surface area contributed by atoms with Gasteiger partial charge >= 0.3 is 17.9 Å². The van der Waals surface area contributed by atoms with Crippen molar-refractivity contribution in [3.8, 4) is 0 Å². The Morgan fingerprint density at radius 3 is 2.32 bits per heavy atom. The molecule has 3 aliphatic heterocycles. The van der Waals surface area contributed by atoms with Gasteiger partial charge in [-0.1, -0.05) is 60.7 Å². The van der Waals surface area contributed by atoms with Crippen LogP contribution < -0.4 is 9.80 Å². The summed E-state index contributed by atoms with van der Waals surface area (Å²) in [5, 5.41) is 0. The maximum Gasteiger partial charge on any atom is 0.355 e. The summed E-state index contributed by atoms with van der Waals surface area (Å²) in [4.78, 5) is 59.7. The molecule has 3 heterocycles. The van der Waals surface area contributed by atoms with Crippen molar-refractivity contribution in [2.45, 2.75) is 24.9 Å². The second kappa shape index (κ2) is 11.1. The van der Waals surface area contributed by atoms with E-state index in [1.54, 1.807) is 37.3 Å². The van der Waals surface area contributed by atoms with Crippen LogP contribution >= 0.6 is 0 Å². The highest BCUT2D eigenvalue weighted by molar-refractivity contribution is 6.17. The minimum Gasteiger partial charge on any atom is -0.466 e. The number of esters is 3. The number of anilines is 2. The van der Waals surface area contributed by atoms with Crippen molar-refractivity contribution in [3.05, 3.63) is 113 Å². The zero-order chi connectivity index (χ0) is 31.2. The molecule has 1 amide bonds. The van der Waals surface area contributed by atoms with Gasteiger partial charge in [0.15, 0.2) is 0 Å². The van der Waals surface area contributed by atoms with Crippen molar-refractivity contribution < 1.29 is 37.8 Å². The minimum atomic E-state index is -1.95. The molecule has 224 valence electrons. The molecule has 0 aliphatic carbocycles. The number of fused-ring (bicyclic) bond motifs is 6. The number of hydrogen-bond acceptors (Lipinski definition) is 8. The maximum absolute atomic E-state index is 15.2. The predicted molar refractivity (Wildman–Crippen MR) is 159 cm³/mol. The van der Waals surface area contributed by atoms with Crippen LogP contribution in [0.3, 0.4) is 0 Å². The topological polar surface area (TPSA) is 102 Å². The molecule has 0 saturated heterocycles. The first-order valence-electron chi connectivity index (χ1n) is 14.1. The number of hydrogen-bond donors (Lipinski definition) is 0. The molecule has 1 spiro atoms. The van der Waals surface area contributed by atoms with E-state index < -0.39 is 52.6 Å². The Bertz CT molecular complexity index is 1750. The standard InChI is InChI=1S/C34H29FN2O7/c1-4-44-31(39)28-27(30(38)42-2)29(32(40)43-3)37-24-13-9-8-12-21(24)14-17-26(37)34(28)23-18-22(35)15-16-25(23)36(33(34)41)19-20-10-6-5-7-11-20/h5-18,26,28H,4,19H2,1-3H3/t26?,28-,34-/m1/s1. The fourth-order valence-electron chi connectivity index (χ4n) is 6.73. The van der Waals surface area contributed by atoms with Crippen LogP contribution in [-0.4, -0.2) is 50.7 Å². The van der Waals surface area contributed by atoms with E-state index in [4.69, 9.17) is 14.2 Å². The van der Waals surface area contributed by atoms with Gasteiger partial charge in [-0.25, -0.2) is 14.0 Å². The molecular formula is C34H29FN2O7. The highest BCUT2D eigenvalue weighted by Crippen LogP contribution is 2.58. The van der Waals surface area contributed by atoms with E-state index in [1.807, 2.05) is 36.4 Å². The van der Waals surface area contributed by atoms with Crippen LogP contribution in [0.2, 0.25) is 0 Å². The molecule has 3 aliphatic rings. The predicted octanol–water partition coefficient (Wildman–Crippen LogP) is 4.31. The second-order valence-electron chi connectivity index (χ2n) is 10.6. The van der Waals surface area contributed by atoms with Gasteiger partial charge in [-0.2, -0.15) is 0 Å². The van der Waals surface area contributed by atoms with Gasteiger partial charge < -0.3 is 24.0 Å². The first-order valence-corrected chi connectivity index (χ1v) is 14.1. The Kier molecular flexibility index (Phi) is 7.28. The number of nitrogens with zero attached hydrogens (tertiary/aromatic N) is 2. The number of ether oxygens (including phenoxy) is 3. The van der Waals surface area contributed by atoms with Gasteiger partial charge in [0, 0.05) is 11.4 Å². The van der Waals surface area contributed by atoms with E-state index >= 15 is 9.18 Å². The molecule has 0 saturated carbocycles. The molecule has 0 aromatic heterocycles.